The molecule has 3 heteroatoms. The van der Waals surface area contributed by atoms with E-state index in [2.05, 4.69) is 138 Å². The van der Waals surface area contributed by atoms with E-state index < -0.39 is 0 Å². The highest BCUT2D eigenvalue weighted by Crippen LogP contribution is 2.33. The summed E-state index contributed by atoms with van der Waals surface area (Å²) in [5, 5.41) is 1.27. The smallest absolute Gasteiger partial charge is 0.0713 e. The molecule has 1 fully saturated rings. The molecule has 1 aromatic heterocycles. The summed E-state index contributed by atoms with van der Waals surface area (Å²) in [6.45, 7) is 6.71. The minimum atomic E-state index is 0.336. The Morgan fingerprint density at radius 1 is 0.750 bits per heavy atom. The number of likely N-dealkylation sites (tertiary alicyclic amines) is 1. The first-order valence-electron chi connectivity index (χ1n) is 14.8. The summed E-state index contributed by atoms with van der Waals surface area (Å²) in [6.07, 6.45) is 3.48. The molecular weight excluding hydrogens is 486 g/mol. The number of hydrogen-bond donors (Lipinski definition) is 0. The van der Waals surface area contributed by atoms with Crippen LogP contribution in [0.2, 0.25) is 0 Å². The fraction of sp³-hybridized carbons (Fsp3) is 0.270. The van der Waals surface area contributed by atoms with Crippen LogP contribution in [0.15, 0.2) is 121 Å². The SMILES string of the molecule is CC(c1cc(-c2ccccc2)nc2ccccc12)N1CCC(N(CCc2ccccc2)Cc2ccccc2)CC1. The first-order valence-corrected chi connectivity index (χ1v) is 14.8. The molecule has 0 aliphatic carbocycles. The van der Waals surface area contributed by atoms with Gasteiger partial charge in [0.05, 0.1) is 11.2 Å². The topological polar surface area (TPSA) is 19.4 Å². The fourth-order valence-electron chi connectivity index (χ4n) is 6.27. The van der Waals surface area contributed by atoms with Gasteiger partial charge in [0, 0.05) is 49.2 Å². The highest BCUT2D eigenvalue weighted by Gasteiger charge is 2.28. The van der Waals surface area contributed by atoms with Gasteiger partial charge in [-0.2, -0.15) is 0 Å². The van der Waals surface area contributed by atoms with Gasteiger partial charge in [-0.05, 0) is 55.0 Å². The van der Waals surface area contributed by atoms with Crippen LogP contribution in [0.3, 0.4) is 0 Å². The molecule has 4 aromatic carbocycles. The van der Waals surface area contributed by atoms with Crippen molar-refractivity contribution in [3.05, 3.63) is 138 Å². The zero-order valence-electron chi connectivity index (χ0n) is 23.5. The van der Waals surface area contributed by atoms with E-state index in [1.807, 2.05) is 0 Å². The van der Waals surface area contributed by atoms with Gasteiger partial charge in [0.15, 0.2) is 0 Å². The average molecular weight is 526 g/mol. The standard InChI is InChI=1S/C37H39N3/c1-29(35-27-37(32-17-9-4-10-18-32)38-36-20-12-11-19-34(35)36)39-25-22-33(23-26-39)40(28-31-15-7-3-8-16-31)24-21-30-13-5-2-6-14-30/h2-20,27,29,33H,21-26,28H2,1H3. The summed E-state index contributed by atoms with van der Waals surface area (Å²) in [4.78, 5) is 10.5. The molecule has 0 spiro atoms. The molecule has 1 unspecified atom stereocenters. The second-order valence-electron chi connectivity index (χ2n) is 11.1. The van der Waals surface area contributed by atoms with Crippen LogP contribution in [-0.4, -0.2) is 40.5 Å². The lowest BCUT2D eigenvalue weighted by molar-refractivity contribution is 0.0840. The van der Waals surface area contributed by atoms with Crippen LogP contribution in [0.5, 0.6) is 0 Å². The van der Waals surface area contributed by atoms with Crippen molar-refractivity contribution >= 4 is 10.9 Å². The summed E-state index contributed by atoms with van der Waals surface area (Å²) in [7, 11) is 0. The van der Waals surface area contributed by atoms with Crippen molar-refractivity contribution in [2.75, 3.05) is 19.6 Å². The van der Waals surface area contributed by atoms with Crippen molar-refractivity contribution in [1.29, 1.82) is 0 Å². The molecule has 0 saturated carbocycles. The van der Waals surface area contributed by atoms with Gasteiger partial charge in [-0.15, -0.1) is 0 Å². The summed E-state index contributed by atoms with van der Waals surface area (Å²) >= 11 is 0. The van der Waals surface area contributed by atoms with E-state index in [9.17, 15) is 0 Å². The maximum absolute atomic E-state index is 5.03. The van der Waals surface area contributed by atoms with E-state index in [0.717, 1.165) is 43.8 Å². The summed E-state index contributed by atoms with van der Waals surface area (Å²) in [6, 6.07) is 44.4. The fourth-order valence-corrected chi connectivity index (χ4v) is 6.27. The van der Waals surface area contributed by atoms with E-state index in [1.165, 1.54) is 40.5 Å². The third-order valence-electron chi connectivity index (χ3n) is 8.59. The third kappa shape index (κ3) is 6.17. The molecule has 1 atom stereocenters. The summed E-state index contributed by atoms with van der Waals surface area (Å²) in [5.41, 5.74) is 7.53. The molecule has 5 aromatic rings. The predicted molar refractivity (Wildman–Crippen MR) is 167 cm³/mol. The molecule has 0 amide bonds. The largest absolute Gasteiger partial charge is 0.296 e. The van der Waals surface area contributed by atoms with Gasteiger partial charge in [-0.1, -0.05) is 109 Å². The maximum atomic E-state index is 5.03. The monoisotopic (exact) mass is 525 g/mol. The lowest BCUT2D eigenvalue weighted by atomic mass is 9.95. The molecule has 2 heterocycles. The van der Waals surface area contributed by atoms with Crippen LogP contribution in [0, 0.1) is 0 Å². The Hall–Kier alpha value is -3.79. The van der Waals surface area contributed by atoms with E-state index in [-0.39, 0.29) is 0 Å². The number of pyridine rings is 1. The highest BCUT2D eigenvalue weighted by molar-refractivity contribution is 5.85. The van der Waals surface area contributed by atoms with Crippen molar-refractivity contribution in [3.8, 4) is 11.3 Å². The number of aromatic nitrogens is 1. The minimum Gasteiger partial charge on any atom is -0.296 e. The van der Waals surface area contributed by atoms with Crippen LogP contribution in [-0.2, 0) is 13.0 Å². The second kappa shape index (κ2) is 12.6. The van der Waals surface area contributed by atoms with Crippen LogP contribution in [0.4, 0.5) is 0 Å². The molecule has 202 valence electrons. The Kier molecular flexibility index (Phi) is 8.32. The summed E-state index contributed by atoms with van der Waals surface area (Å²) < 4.78 is 0. The average Bonchev–Trinajstić information content (AvgIpc) is 3.03. The van der Waals surface area contributed by atoms with Gasteiger partial charge in [-0.3, -0.25) is 9.80 Å². The third-order valence-corrected chi connectivity index (χ3v) is 8.59. The van der Waals surface area contributed by atoms with E-state index in [4.69, 9.17) is 4.98 Å². The Labute approximate surface area is 239 Å². The molecule has 40 heavy (non-hydrogen) atoms. The number of benzene rings is 4. The Bertz CT molecular complexity index is 1490. The van der Waals surface area contributed by atoms with Crippen molar-refractivity contribution < 1.29 is 0 Å². The predicted octanol–water partition coefficient (Wildman–Crippen LogP) is 8.17. The van der Waals surface area contributed by atoms with Crippen molar-refractivity contribution in [3.63, 3.8) is 0 Å². The Morgan fingerprint density at radius 3 is 2.05 bits per heavy atom. The normalized spacial score (nSPS) is 15.4. The molecule has 1 aliphatic heterocycles. The zero-order valence-corrected chi connectivity index (χ0v) is 23.5. The lowest BCUT2D eigenvalue weighted by Crippen LogP contribution is -2.46. The van der Waals surface area contributed by atoms with Crippen LogP contribution < -0.4 is 0 Å². The van der Waals surface area contributed by atoms with Gasteiger partial charge < -0.3 is 0 Å². The van der Waals surface area contributed by atoms with Crippen LogP contribution in [0.25, 0.3) is 22.2 Å². The number of rotatable bonds is 9. The zero-order chi connectivity index (χ0) is 27.1. The molecular formula is C37H39N3. The number of nitrogens with zero attached hydrogens (tertiary/aromatic N) is 3. The first-order chi connectivity index (χ1) is 19.7. The highest BCUT2D eigenvalue weighted by atomic mass is 15.2. The molecule has 6 rings (SSSR count). The van der Waals surface area contributed by atoms with Gasteiger partial charge in [0.25, 0.3) is 0 Å². The van der Waals surface area contributed by atoms with Crippen molar-refractivity contribution in [2.24, 2.45) is 0 Å². The number of fused-ring (bicyclic) bond motifs is 1. The lowest BCUT2D eigenvalue weighted by Gasteiger charge is -2.41. The second-order valence-corrected chi connectivity index (χ2v) is 11.1. The van der Waals surface area contributed by atoms with Gasteiger partial charge in [-0.25, -0.2) is 4.98 Å². The van der Waals surface area contributed by atoms with E-state index in [0.29, 0.717) is 12.1 Å². The Balaban J connectivity index is 1.19. The van der Waals surface area contributed by atoms with Crippen molar-refractivity contribution in [2.45, 2.75) is 44.8 Å². The molecule has 0 radical (unpaired) electrons. The van der Waals surface area contributed by atoms with Gasteiger partial charge in [0.2, 0.25) is 0 Å². The molecule has 1 saturated heterocycles. The first kappa shape index (κ1) is 26.4. The number of hydrogen-bond acceptors (Lipinski definition) is 3. The molecule has 1 aliphatic rings. The molecule has 0 bridgehead atoms. The van der Waals surface area contributed by atoms with Crippen LogP contribution in [0.1, 0.15) is 42.5 Å². The van der Waals surface area contributed by atoms with E-state index in [1.54, 1.807) is 0 Å². The number of piperidine rings is 1. The van der Waals surface area contributed by atoms with E-state index >= 15 is 0 Å². The van der Waals surface area contributed by atoms with Crippen LogP contribution >= 0.6 is 0 Å². The summed E-state index contributed by atoms with van der Waals surface area (Å²) in [5.74, 6) is 0. The molecule has 0 N–H and O–H groups in total. The minimum absolute atomic E-state index is 0.336. The number of para-hydroxylation sites is 1. The van der Waals surface area contributed by atoms with Gasteiger partial charge in [0.1, 0.15) is 0 Å². The molecule has 3 nitrogen and oxygen atoms in total. The maximum Gasteiger partial charge on any atom is 0.0713 e. The quantitative estimate of drug-likeness (QED) is 0.193. The Morgan fingerprint density at radius 2 is 1.35 bits per heavy atom. The van der Waals surface area contributed by atoms with Crippen molar-refractivity contribution in [1.82, 2.24) is 14.8 Å². The van der Waals surface area contributed by atoms with Gasteiger partial charge >= 0.3 is 0 Å².